The van der Waals surface area contributed by atoms with Crippen molar-refractivity contribution in [1.82, 2.24) is 0 Å². The molecule has 1 rings (SSSR count). The minimum atomic E-state index is -0.843. The van der Waals surface area contributed by atoms with Crippen molar-refractivity contribution in [3.8, 4) is 0 Å². The molecule has 0 aromatic heterocycles. The Labute approximate surface area is 41.4 Å². The Morgan fingerprint density at radius 1 is 1.71 bits per heavy atom. The third-order valence-corrected chi connectivity index (χ3v) is 0.592. The summed E-state index contributed by atoms with van der Waals surface area (Å²) in [5.41, 5.74) is 0. The fourth-order valence-corrected chi connectivity index (χ4v) is 0.313. The van der Waals surface area contributed by atoms with E-state index in [0.29, 0.717) is 0 Å². The van der Waals surface area contributed by atoms with Crippen molar-refractivity contribution in [1.29, 1.82) is 0 Å². The summed E-state index contributed by atoms with van der Waals surface area (Å²) in [6.45, 7) is 0. The van der Waals surface area contributed by atoms with E-state index in [2.05, 4.69) is 9.91 Å². The van der Waals surface area contributed by atoms with Gasteiger partial charge in [-0.25, -0.2) is 0 Å². The van der Waals surface area contributed by atoms with Gasteiger partial charge in [0.1, 0.15) is 0 Å². The molecule has 0 fully saturated rings. The molecule has 0 radical (unpaired) electrons. The van der Waals surface area contributed by atoms with Crippen LogP contribution in [0.15, 0.2) is 17.2 Å². The number of rotatable bonds is 0. The molecule has 1 aliphatic rings. The fraction of sp³-hybridized carbons (Fsp3) is 0. The average molecular weight is 96.9 g/mol. The van der Waals surface area contributed by atoms with Gasteiger partial charge in [0.25, 0.3) is 0 Å². The van der Waals surface area contributed by atoms with Gasteiger partial charge in [-0.05, 0) is 12.1 Å². The molecule has 0 spiro atoms. The van der Waals surface area contributed by atoms with Crippen molar-refractivity contribution in [2.45, 2.75) is 0 Å². The molecule has 36 valence electrons. The zero-order valence-electron chi connectivity index (χ0n) is 3.61. The predicted molar refractivity (Wildman–Crippen MR) is 26.7 cm³/mol. The third kappa shape index (κ3) is 1.05. The van der Waals surface area contributed by atoms with Gasteiger partial charge >= 0.3 is 7.12 Å². The van der Waals surface area contributed by atoms with Crippen LogP contribution in [0.3, 0.4) is 0 Å². The molecular formula is C3H4BNO2. The van der Waals surface area contributed by atoms with E-state index in [1.54, 1.807) is 6.08 Å². The van der Waals surface area contributed by atoms with E-state index in [-0.39, 0.29) is 0 Å². The Morgan fingerprint density at radius 2 is 2.57 bits per heavy atom. The molecule has 0 saturated heterocycles. The second kappa shape index (κ2) is 1.79. The Balaban J connectivity index is 2.49. The van der Waals surface area contributed by atoms with E-state index in [0.717, 1.165) is 0 Å². The number of hydrogen-bond donors (Lipinski definition) is 1. The van der Waals surface area contributed by atoms with Gasteiger partial charge in [-0.3, -0.25) is 0 Å². The maximum absolute atomic E-state index is 8.49. The Hall–Kier alpha value is -0.765. The van der Waals surface area contributed by atoms with Crippen LogP contribution in [0.25, 0.3) is 0 Å². The monoisotopic (exact) mass is 97.0 g/mol. The van der Waals surface area contributed by atoms with E-state index >= 15 is 0 Å². The van der Waals surface area contributed by atoms with Crippen LogP contribution in [0.2, 0.25) is 0 Å². The van der Waals surface area contributed by atoms with Gasteiger partial charge in [0.2, 0.25) is 0 Å². The summed E-state index contributed by atoms with van der Waals surface area (Å²) >= 11 is 0. The number of allylic oxidation sites excluding steroid dienone is 1. The van der Waals surface area contributed by atoms with Crippen LogP contribution in [-0.2, 0) is 4.76 Å². The molecule has 0 amide bonds. The Bertz CT molecular complexity index is 112. The first-order valence-electron chi connectivity index (χ1n) is 1.93. The summed E-state index contributed by atoms with van der Waals surface area (Å²) in [5.74, 6) is 1.49. The van der Waals surface area contributed by atoms with Gasteiger partial charge < -0.3 is 9.78 Å². The highest BCUT2D eigenvalue weighted by molar-refractivity contribution is 6.49. The molecule has 1 heterocycles. The first-order chi connectivity index (χ1) is 3.39. The van der Waals surface area contributed by atoms with Crippen molar-refractivity contribution in [3.63, 3.8) is 0 Å². The largest absolute Gasteiger partial charge is 0.575 e. The van der Waals surface area contributed by atoms with Crippen LogP contribution in [-0.4, -0.2) is 18.4 Å². The van der Waals surface area contributed by atoms with E-state index in [9.17, 15) is 0 Å². The molecule has 7 heavy (non-hydrogen) atoms. The van der Waals surface area contributed by atoms with Crippen LogP contribution < -0.4 is 0 Å². The first kappa shape index (κ1) is 4.40. The minimum absolute atomic E-state index is 0.843. The van der Waals surface area contributed by atoms with Gasteiger partial charge in [0, 0.05) is 0 Å². The van der Waals surface area contributed by atoms with Gasteiger partial charge in [-0.2, -0.15) is 0 Å². The highest BCUT2D eigenvalue weighted by Crippen LogP contribution is 1.88. The van der Waals surface area contributed by atoms with Crippen LogP contribution in [0, 0.1) is 0 Å². The summed E-state index contributed by atoms with van der Waals surface area (Å²) in [7, 11) is -0.843. The van der Waals surface area contributed by atoms with Crippen molar-refractivity contribution < 1.29 is 9.78 Å². The van der Waals surface area contributed by atoms with E-state index in [4.69, 9.17) is 5.02 Å². The van der Waals surface area contributed by atoms with Gasteiger partial charge in [-0.15, -0.1) is 5.16 Å². The van der Waals surface area contributed by atoms with Crippen LogP contribution in [0.5, 0.6) is 0 Å². The smallest absolute Gasteiger partial charge is 0.428 e. The van der Waals surface area contributed by atoms with Crippen LogP contribution in [0.4, 0.5) is 0 Å². The molecular weight excluding hydrogens is 92.8 g/mol. The van der Waals surface area contributed by atoms with Crippen molar-refractivity contribution >= 4 is 13.3 Å². The lowest BCUT2D eigenvalue weighted by Crippen LogP contribution is -2.13. The van der Waals surface area contributed by atoms with Crippen molar-refractivity contribution in [3.05, 3.63) is 12.1 Å². The summed E-state index contributed by atoms with van der Waals surface area (Å²) in [6.07, 6.45) is 3.08. The zero-order valence-corrected chi connectivity index (χ0v) is 3.61. The maximum Gasteiger partial charge on any atom is 0.575 e. The molecule has 1 aliphatic heterocycles. The second-order valence-electron chi connectivity index (χ2n) is 1.14. The molecule has 0 saturated carbocycles. The highest BCUT2D eigenvalue weighted by Gasteiger charge is 2.09. The number of hydrogen-bond acceptors (Lipinski definition) is 3. The van der Waals surface area contributed by atoms with Gasteiger partial charge in [-0.1, -0.05) is 0 Å². The standard InChI is InChI=1S/C3H4BNO2/c6-4-2-1-3-5-7-4/h1-3,6H. The zero-order chi connectivity index (χ0) is 5.11. The molecule has 4 heteroatoms. The van der Waals surface area contributed by atoms with Crippen LogP contribution >= 0.6 is 0 Å². The molecule has 0 atom stereocenters. The molecule has 1 N–H and O–H groups in total. The van der Waals surface area contributed by atoms with Crippen molar-refractivity contribution in [2.24, 2.45) is 5.16 Å². The van der Waals surface area contributed by atoms with Gasteiger partial charge in [0.15, 0.2) is 0 Å². The topological polar surface area (TPSA) is 41.8 Å². The summed E-state index contributed by atoms with van der Waals surface area (Å²) in [5, 5.41) is 11.8. The first-order valence-corrected chi connectivity index (χ1v) is 1.93. The lowest BCUT2D eigenvalue weighted by atomic mass is 9.91. The normalized spacial score (nSPS) is 17.0. The molecule has 0 unspecified atom stereocenters. The summed E-state index contributed by atoms with van der Waals surface area (Å²) < 4.78 is 4.32. The van der Waals surface area contributed by atoms with E-state index < -0.39 is 7.12 Å². The fourth-order valence-electron chi connectivity index (χ4n) is 0.313. The number of oxime groups is 1. The van der Waals surface area contributed by atoms with Gasteiger partial charge in [0.05, 0.1) is 6.21 Å². The third-order valence-electron chi connectivity index (χ3n) is 0.592. The SMILES string of the molecule is OB1C=CC=NO1. The molecule has 0 bridgehead atoms. The Morgan fingerprint density at radius 3 is 2.86 bits per heavy atom. The average Bonchev–Trinajstić information content (AvgIpc) is 1.69. The quantitative estimate of drug-likeness (QED) is 0.417. The van der Waals surface area contributed by atoms with E-state index in [1.807, 2.05) is 0 Å². The second-order valence-corrected chi connectivity index (χ2v) is 1.14. The molecule has 3 nitrogen and oxygen atoms in total. The number of nitrogens with zero attached hydrogens (tertiary/aromatic N) is 1. The molecule has 0 aromatic rings. The molecule has 0 aromatic carbocycles. The highest BCUT2D eigenvalue weighted by atomic mass is 16.6. The lowest BCUT2D eigenvalue weighted by Gasteiger charge is -1.98. The van der Waals surface area contributed by atoms with Crippen molar-refractivity contribution in [2.75, 3.05) is 0 Å². The maximum atomic E-state index is 8.49. The van der Waals surface area contributed by atoms with Crippen LogP contribution in [0.1, 0.15) is 0 Å². The minimum Gasteiger partial charge on any atom is -0.428 e. The Kier molecular flexibility index (Phi) is 1.13. The lowest BCUT2D eigenvalue weighted by molar-refractivity contribution is 0.285. The summed E-state index contributed by atoms with van der Waals surface area (Å²) in [4.78, 5) is 0. The molecule has 0 aliphatic carbocycles. The predicted octanol–water partition coefficient (Wildman–Crippen LogP) is -0.422. The van der Waals surface area contributed by atoms with E-state index in [1.165, 1.54) is 12.2 Å². The summed E-state index contributed by atoms with van der Waals surface area (Å²) in [6, 6.07) is 0.